The number of ether oxygens (including phenoxy) is 1. The summed E-state index contributed by atoms with van der Waals surface area (Å²) in [5.41, 5.74) is 0.663. The van der Waals surface area contributed by atoms with Crippen LogP contribution in [-0.4, -0.2) is 36.0 Å². The Bertz CT molecular complexity index is 715. The molecule has 0 spiro atoms. The largest absolute Gasteiger partial charge is 0.497 e. The number of pyridine rings is 1. The van der Waals surface area contributed by atoms with E-state index in [0.717, 1.165) is 25.9 Å². The van der Waals surface area contributed by atoms with Crippen molar-refractivity contribution in [2.75, 3.05) is 20.2 Å². The van der Waals surface area contributed by atoms with Crippen LogP contribution in [0.5, 0.6) is 5.75 Å². The number of aromatic nitrogens is 1. The topological polar surface area (TPSA) is 62.4 Å². The van der Waals surface area contributed by atoms with E-state index in [4.69, 9.17) is 4.74 Å². The number of hydrogen-bond acceptors (Lipinski definition) is 3. The Balaban J connectivity index is 2.10. The molecule has 5 heteroatoms. The standard InChI is InChI=1S/C15H16N2O3/c1-20-10-4-5-13-11(8-10)14(18)12(9-16-13)15(19)17-6-2-3-7-17/h4-5,8-9H,2-3,6-7H2,1H3,(H,16,18). The molecule has 0 radical (unpaired) electrons. The van der Waals surface area contributed by atoms with Crippen LogP contribution in [0.1, 0.15) is 23.2 Å². The third-order valence-electron chi connectivity index (χ3n) is 3.71. The molecule has 104 valence electrons. The monoisotopic (exact) mass is 272 g/mol. The molecule has 1 aliphatic rings. The summed E-state index contributed by atoms with van der Waals surface area (Å²) in [5.74, 6) is 0.419. The Kier molecular flexibility index (Phi) is 3.18. The first-order valence-corrected chi connectivity index (χ1v) is 6.69. The highest BCUT2D eigenvalue weighted by Gasteiger charge is 2.22. The smallest absolute Gasteiger partial charge is 0.259 e. The number of H-pyrrole nitrogens is 1. The normalized spacial score (nSPS) is 14.8. The number of hydrogen-bond donors (Lipinski definition) is 1. The first kappa shape index (κ1) is 12.7. The van der Waals surface area contributed by atoms with Crippen LogP contribution in [-0.2, 0) is 0 Å². The van der Waals surface area contributed by atoms with Crippen molar-refractivity contribution in [2.45, 2.75) is 12.8 Å². The lowest BCUT2D eigenvalue weighted by Crippen LogP contribution is -2.31. The van der Waals surface area contributed by atoms with E-state index in [1.165, 1.54) is 6.20 Å². The lowest BCUT2D eigenvalue weighted by molar-refractivity contribution is 0.0791. The van der Waals surface area contributed by atoms with Crippen molar-refractivity contribution in [1.82, 2.24) is 9.88 Å². The van der Waals surface area contributed by atoms with Crippen molar-refractivity contribution in [3.8, 4) is 5.75 Å². The second-order valence-electron chi connectivity index (χ2n) is 4.94. The molecule has 0 saturated carbocycles. The number of likely N-dealkylation sites (tertiary alicyclic amines) is 1. The van der Waals surface area contributed by atoms with Gasteiger partial charge in [0, 0.05) is 30.2 Å². The van der Waals surface area contributed by atoms with E-state index in [1.54, 1.807) is 30.2 Å². The molecule has 1 fully saturated rings. The van der Waals surface area contributed by atoms with Gasteiger partial charge in [-0.25, -0.2) is 0 Å². The van der Waals surface area contributed by atoms with E-state index in [-0.39, 0.29) is 16.9 Å². The minimum Gasteiger partial charge on any atom is -0.497 e. The highest BCUT2D eigenvalue weighted by molar-refractivity contribution is 5.97. The number of aromatic amines is 1. The maximum atomic E-state index is 12.5. The number of carbonyl (C=O) groups is 1. The van der Waals surface area contributed by atoms with Gasteiger partial charge in [0.2, 0.25) is 5.43 Å². The Hall–Kier alpha value is -2.30. The molecule has 5 nitrogen and oxygen atoms in total. The molecule has 20 heavy (non-hydrogen) atoms. The van der Waals surface area contributed by atoms with Gasteiger partial charge in [-0.05, 0) is 31.0 Å². The fraction of sp³-hybridized carbons (Fsp3) is 0.333. The Labute approximate surface area is 116 Å². The second kappa shape index (κ2) is 5.00. The van der Waals surface area contributed by atoms with Gasteiger partial charge in [-0.2, -0.15) is 0 Å². The number of fused-ring (bicyclic) bond motifs is 1. The summed E-state index contributed by atoms with van der Waals surface area (Å²) in [6, 6.07) is 5.22. The first-order chi connectivity index (χ1) is 9.70. The van der Waals surface area contributed by atoms with Crippen molar-refractivity contribution in [2.24, 2.45) is 0 Å². The summed E-state index contributed by atoms with van der Waals surface area (Å²) in [5, 5.41) is 0.481. The predicted molar refractivity (Wildman–Crippen MR) is 76.3 cm³/mol. The Morgan fingerprint density at radius 3 is 2.75 bits per heavy atom. The SMILES string of the molecule is COc1ccc2[nH]cc(C(=O)N3CCCC3)c(=O)c2c1. The van der Waals surface area contributed by atoms with Crippen LogP contribution in [0, 0.1) is 0 Å². The number of methoxy groups -OCH3 is 1. The molecular formula is C15H16N2O3. The molecule has 1 N–H and O–H groups in total. The number of benzene rings is 1. The predicted octanol–water partition coefficient (Wildman–Crippen LogP) is 1.77. The molecule has 0 unspecified atom stereocenters. The van der Waals surface area contributed by atoms with Gasteiger partial charge >= 0.3 is 0 Å². The van der Waals surface area contributed by atoms with Crippen molar-refractivity contribution in [3.63, 3.8) is 0 Å². The molecule has 0 atom stereocenters. The van der Waals surface area contributed by atoms with Crippen molar-refractivity contribution >= 4 is 16.8 Å². The molecular weight excluding hydrogens is 256 g/mol. The number of nitrogens with zero attached hydrogens (tertiary/aromatic N) is 1. The fourth-order valence-corrected chi connectivity index (χ4v) is 2.57. The molecule has 1 saturated heterocycles. The van der Waals surface area contributed by atoms with Crippen LogP contribution in [0.3, 0.4) is 0 Å². The molecule has 2 heterocycles. The van der Waals surface area contributed by atoms with Crippen LogP contribution in [0.4, 0.5) is 0 Å². The van der Waals surface area contributed by atoms with Crippen molar-refractivity contribution in [1.29, 1.82) is 0 Å². The summed E-state index contributed by atoms with van der Waals surface area (Å²) in [6.07, 6.45) is 3.52. The molecule has 0 bridgehead atoms. The van der Waals surface area contributed by atoms with Crippen LogP contribution < -0.4 is 10.2 Å². The highest BCUT2D eigenvalue weighted by Crippen LogP contribution is 2.18. The van der Waals surface area contributed by atoms with Gasteiger partial charge in [0.05, 0.1) is 7.11 Å². The van der Waals surface area contributed by atoms with Crippen LogP contribution in [0.25, 0.3) is 10.9 Å². The maximum absolute atomic E-state index is 12.5. The number of nitrogens with one attached hydrogen (secondary N) is 1. The first-order valence-electron chi connectivity index (χ1n) is 6.69. The van der Waals surface area contributed by atoms with E-state index < -0.39 is 0 Å². The average molecular weight is 272 g/mol. The van der Waals surface area contributed by atoms with E-state index >= 15 is 0 Å². The lowest BCUT2D eigenvalue weighted by atomic mass is 10.1. The van der Waals surface area contributed by atoms with E-state index in [0.29, 0.717) is 16.7 Å². The molecule has 1 aliphatic heterocycles. The van der Waals surface area contributed by atoms with Crippen molar-refractivity contribution in [3.05, 3.63) is 40.2 Å². The molecule has 3 rings (SSSR count). The van der Waals surface area contributed by atoms with Gasteiger partial charge in [-0.3, -0.25) is 9.59 Å². The third kappa shape index (κ3) is 2.05. The van der Waals surface area contributed by atoms with Crippen LogP contribution in [0.15, 0.2) is 29.2 Å². The van der Waals surface area contributed by atoms with Crippen molar-refractivity contribution < 1.29 is 9.53 Å². The summed E-state index contributed by atoms with van der Waals surface area (Å²) < 4.78 is 5.13. The molecule has 1 aromatic heterocycles. The van der Waals surface area contributed by atoms with Gasteiger partial charge in [0.25, 0.3) is 5.91 Å². The molecule has 1 aromatic carbocycles. The van der Waals surface area contributed by atoms with Gasteiger partial charge in [0.1, 0.15) is 11.3 Å². The third-order valence-corrected chi connectivity index (χ3v) is 3.71. The summed E-state index contributed by atoms with van der Waals surface area (Å²) in [4.78, 5) is 29.6. The number of amides is 1. The quantitative estimate of drug-likeness (QED) is 0.906. The summed E-state index contributed by atoms with van der Waals surface area (Å²) in [7, 11) is 1.55. The second-order valence-corrected chi connectivity index (χ2v) is 4.94. The zero-order valence-electron chi connectivity index (χ0n) is 11.3. The van der Waals surface area contributed by atoms with E-state index in [9.17, 15) is 9.59 Å². The lowest BCUT2D eigenvalue weighted by Gasteiger charge is -2.14. The van der Waals surface area contributed by atoms with Gasteiger partial charge in [0.15, 0.2) is 0 Å². The maximum Gasteiger partial charge on any atom is 0.259 e. The number of rotatable bonds is 2. The minimum atomic E-state index is -0.241. The van der Waals surface area contributed by atoms with Crippen LogP contribution >= 0.6 is 0 Å². The Morgan fingerprint density at radius 2 is 2.05 bits per heavy atom. The zero-order chi connectivity index (χ0) is 14.1. The molecule has 1 amide bonds. The molecule has 2 aromatic rings. The average Bonchev–Trinajstić information content (AvgIpc) is 3.01. The minimum absolute atomic E-state index is 0.187. The fourth-order valence-electron chi connectivity index (χ4n) is 2.57. The van der Waals surface area contributed by atoms with Crippen LogP contribution in [0.2, 0.25) is 0 Å². The van der Waals surface area contributed by atoms with E-state index in [2.05, 4.69) is 4.98 Å². The summed E-state index contributed by atoms with van der Waals surface area (Å²) in [6.45, 7) is 1.46. The van der Waals surface area contributed by atoms with E-state index in [1.807, 2.05) is 0 Å². The molecule has 0 aliphatic carbocycles. The van der Waals surface area contributed by atoms with Gasteiger partial charge in [-0.1, -0.05) is 0 Å². The van der Waals surface area contributed by atoms with Gasteiger partial charge < -0.3 is 14.6 Å². The summed E-state index contributed by atoms with van der Waals surface area (Å²) >= 11 is 0. The van der Waals surface area contributed by atoms with Gasteiger partial charge in [-0.15, -0.1) is 0 Å². The number of carbonyl (C=O) groups excluding carboxylic acids is 1. The Morgan fingerprint density at radius 1 is 1.30 bits per heavy atom. The highest BCUT2D eigenvalue weighted by atomic mass is 16.5. The zero-order valence-corrected chi connectivity index (χ0v) is 11.3.